The zero-order chi connectivity index (χ0) is 17.3. The molecule has 0 saturated heterocycles. The summed E-state index contributed by atoms with van der Waals surface area (Å²) in [5.41, 5.74) is 0.401. The van der Waals surface area contributed by atoms with E-state index in [-0.39, 0.29) is 5.56 Å². The van der Waals surface area contributed by atoms with Gasteiger partial charge < -0.3 is 4.74 Å². The molecule has 0 unspecified atom stereocenters. The number of nitriles is 1. The number of rotatable bonds is 2. The Kier molecular flexibility index (Phi) is 3.86. The summed E-state index contributed by atoms with van der Waals surface area (Å²) in [4.78, 5) is 12.3. The molecule has 24 heavy (non-hydrogen) atoms. The van der Waals surface area contributed by atoms with Crippen molar-refractivity contribution in [3.63, 3.8) is 0 Å². The highest BCUT2D eigenvalue weighted by Gasteiger charge is 2.30. The third-order valence-electron chi connectivity index (χ3n) is 3.61. The Morgan fingerprint density at radius 2 is 1.42 bits per heavy atom. The minimum atomic E-state index is -4.60. The lowest BCUT2D eigenvalue weighted by Gasteiger charge is -2.13. The van der Waals surface area contributed by atoms with Crippen molar-refractivity contribution in [1.82, 2.24) is 0 Å². The number of nitrogens with zero attached hydrogens (tertiary/aromatic N) is 1. The van der Waals surface area contributed by atoms with Gasteiger partial charge in [-0.05, 0) is 10.8 Å². The number of carbonyl (C=O) groups excluding carboxylic acids is 1. The maximum absolute atomic E-state index is 12.4. The van der Waals surface area contributed by atoms with Crippen LogP contribution in [-0.4, -0.2) is 18.8 Å². The number of esters is 1. The lowest BCUT2D eigenvalue weighted by molar-refractivity contribution is -0.161. The van der Waals surface area contributed by atoms with Crippen LogP contribution in [0.3, 0.4) is 0 Å². The van der Waals surface area contributed by atoms with Crippen LogP contribution in [0.2, 0.25) is 0 Å². The third kappa shape index (κ3) is 2.76. The van der Waals surface area contributed by atoms with Gasteiger partial charge in [0.25, 0.3) is 0 Å². The first-order chi connectivity index (χ1) is 11.4. The molecule has 0 aromatic heterocycles. The zero-order valence-electron chi connectivity index (χ0n) is 12.2. The number of fused-ring (bicyclic) bond motifs is 2. The first-order valence-electron chi connectivity index (χ1n) is 7.00. The Hall–Kier alpha value is -3.07. The number of benzene rings is 3. The highest BCUT2D eigenvalue weighted by atomic mass is 19.4. The Balaban J connectivity index is 2.29. The van der Waals surface area contributed by atoms with E-state index in [1.807, 2.05) is 0 Å². The molecule has 0 heterocycles. The van der Waals surface area contributed by atoms with Crippen LogP contribution in [-0.2, 0) is 4.74 Å². The number of hydrogen-bond donors (Lipinski definition) is 0. The highest BCUT2D eigenvalue weighted by Crippen LogP contribution is 2.33. The highest BCUT2D eigenvalue weighted by molar-refractivity contribution is 6.19. The standard InChI is InChI=1S/C18H10F3NO2/c19-18(20,21)10-24-17(23)16-13-7-3-1-5-11(13)15(9-22)12-6-2-4-8-14(12)16/h1-8H,10H2. The van der Waals surface area contributed by atoms with Crippen LogP contribution in [0.5, 0.6) is 0 Å². The van der Waals surface area contributed by atoms with Crippen molar-refractivity contribution < 1.29 is 22.7 Å². The van der Waals surface area contributed by atoms with Crippen LogP contribution >= 0.6 is 0 Å². The molecule has 0 fully saturated rings. The topological polar surface area (TPSA) is 50.1 Å². The zero-order valence-corrected chi connectivity index (χ0v) is 12.2. The SMILES string of the molecule is N#Cc1c2ccccc2c(C(=O)OCC(F)(F)F)c2ccccc12. The van der Waals surface area contributed by atoms with Crippen LogP contribution in [0.4, 0.5) is 13.2 Å². The second-order valence-electron chi connectivity index (χ2n) is 5.14. The van der Waals surface area contributed by atoms with E-state index >= 15 is 0 Å². The molecule has 0 saturated carbocycles. The predicted octanol–water partition coefficient (Wildman–Crippen LogP) is 4.58. The van der Waals surface area contributed by atoms with Crippen LogP contribution in [0, 0.1) is 11.3 Å². The van der Waals surface area contributed by atoms with Crippen LogP contribution in [0.15, 0.2) is 48.5 Å². The molecule has 0 spiro atoms. The molecule has 3 nitrogen and oxygen atoms in total. The minimum absolute atomic E-state index is 0.0319. The summed E-state index contributed by atoms with van der Waals surface area (Å²) in [7, 11) is 0. The van der Waals surface area contributed by atoms with Crippen molar-refractivity contribution in [2.75, 3.05) is 6.61 Å². The Morgan fingerprint density at radius 1 is 0.958 bits per heavy atom. The first-order valence-corrected chi connectivity index (χ1v) is 7.00. The van der Waals surface area contributed by atoms with Gasteiger partial charge >= 0.3 is 12.1 Å². The second-order valence-corrected chi connectivity index (χ2v) is 5.14. The average Bonchev–Trinajstić information content (AvgIpc) is 2.56. The maximum atomic E-state index is 12.4. The van der Waals surface area contributed by atoms with Gasteiger partial charge in [-0.1, -0.05) is 48.5 Å². The Bertz CT molecular complexity index is 930. The lowest BCUT2D eigenvalue weighted by Crippen LogP contribution is -2.20. The van der Waals surface area contributed by atoms with Crippen molar-refractivity contribution in [3.05, 3.63) is 59.7 Å². The molecule has 0 atom stereocenters. The lowest BCUT2D eigenvalue weighted by atomic mass is 9.92. The molecule has 0 radical (unpaired) electrons. The van der Waals surface area contributed by atoms with Gasteiger partial charge in [-0.25, -0.2) is 4.79 Å². The number of ether oxygens (including phenoxy) is 1. The van der Waals surface area contributed by atoms with Gasteiger partial charge in [0, 0.05) is 10.8 Å². The van der Waals surface area contributed by atoms with Crippen LogP contribution < -0.4 is 0 Å². The Labute approximate surface area is 134 Å². The summed E-state index contributed by atoms with van der Waals surface area (Å²) in [6, 6.07) is 15.3. The van der Waals surface area contributed by atoms with Crippen LogP contribution in [0.1, 0.15) is 15.9 Å². The number of alkyl halides is 3. The summed E-state index contributed by atoms with van der Waals surface area (Å²) in [5, 5.41) is 11.2. The van der Waals surface area contributed by atoms with Gasteiger partial charge in [-0.3, -0.25) is 0 Å². The molecule has 0 N–H and O–H groups in total. The number of carbonyl (C=O) groups is 1. The first kappa shape index (κ1) is 15.8. The van der Waals surface area contributed by atoms with E-state index in [0.717, 1.165) is 0 Å². The second kappa shape index (κ2) is 5.85. The third-order valence-corrected chi connectivity index (χ3v) is 3.61. The fourth-order valence-electron chi connectivity index (χ4n) is 2.69. The summed E-state index contributed by atoms with van der Waals surface area (Å²) >= 11 is 0. The van der Waals surface area contributed by atoms with E-state index < -0.39 is 18.8 Å². The molecular formula is C18H10F3NO2. The molecule has 6 heteroatoms. The monoisotopic (exact) mass is 329 g/mol. The molecule has 120 valence electrons. The molecule has 3 aromatic carbocycles. The molecule has 0 bridgehead atoms. The summed E-state index contributed by atoms with van der Waals surface area (Å²) in [5.74, 6) is -1.07. The fraction of sp³-hybridized carbons (Fsp3) is 0.111. The van der Waals surface area contributed by atoms with Crippen molar-refractivity contribution in [1.29, 1.82) is 5.26 Å². The fourth-order valence-corrected chi connectivity index (χ4v) is 2.69. The van der Waals surface area contributed by atoms with Gasteiger partial charge in [0.05, 0.1) is 11.1 Å². The van der Waals surface area contributed by atoms with Crippen molar-refractivity contribution in [2.24, 2.45) is 0 Å². The van der Waals surface area contributed by atoms with Gasteiger partial charge in [0.1, 0.15) is 6.07 Å². The van der Waals surface area contributed by atoms with Crippen molar-refractivity contribution >= 4 is 27.5 Å². The van der Waals surface area contributed by atoms with E-state index in [1.165, 1.54) is 0 Å². The quantitative estimate of drug-likeness (QED) is 0.510. The molecular weight excluding hydrogens is 319 g/mol. The largest absolute Gasteiger partial charge is 0.452 e. The Morgan fingerprint density at radius 3 is 1.83 bits per heavy atom. The predicted molar refractivity (Wildman–Crippen MR) is 82.5 cm³/mol. The van der Waals surface area contributed by atoms with E-state index in [0.29, 0.717) is 27.1 Å². The summed E-state index contributed by atoms with van der Waals surface area (Å²) in [6.45, 7) is -1.66. The number of halogens is 3. The van der Waals surface area contributed by atoms with Gasteiger partial charge in [0.15, 0.2) is 6.61 Å². The minimum Gasteiger partial charge on any atom is -0.452 e. The van der Waals surface area contributed by atoms with Crippen molar-refractivity contribution in [3.8, 4) is 6.07 Å². The van der Waals surface area contributed by atoms with Crippen LogP contribution in [0.25, 0.3) is 21.5 Å². The van der Waals surface area contributed by atoms with E-state index in [9.17, 15) is 23.2 Å². The normalized spacial score (nSPS) is 11.4. The molecule has 0 aliphatic rings. The van der Waals surface area contributed by atoms with Gasteiger partial charge in [-0.15, -0.1) is 0 Å². The molecule has 3 rings (SSSR count). The van der Waals surface area contributed by atoms with Crippen molar-refractivity contribution in [2.45, 2.75) is 6.18 Å². The number of hydrogen-bond acceptors (Lipinski definition) is 3. The molecule has 0 amide bonds. The van der Waals surface area contributed by atoms with E-state index in [2.05, 4.69) is 10.8 Å². The maximum Gasteiger partial charge on any atom is 0.422 e. The summed E-state index contributed by atoms with van der Waals surface area (Å²) in [6.07, 6.45) is -4.60. The molecule has 0 aliphatic heterocycles. The van der Waals surface area contributed by atoms with E-state index in [4.69, 9.17) is 0 Å². The smallest absolute Gasteiger partial charge is 0.422 e. The van der Waals surface area contributed by atoms with Gasteiger partial charge in [0.2, 0.25) is 0 Å². The molecule has 0 aliphatic carbocycles. The summed E-state index contributed by atoms with van der Waals surface area (Å²) < 4.78 is 41.5. The van der Waals surface area contributed by atoms with Gasteiger partial charge in [-0.2, -0.15) is 18.4 Å². The average molecular weight is 329 g/mol. The van der Waals surface area contributed by atoms with E-state index in [1.54, 1.807) is 48.5 Å². The molecule has 3 aromatic rings.